The van der Waals surface area contributed by atoms with Gasteiger partial charge in [0, 0.05) is 72.8 Å². The fraction of sp³-hybridized carbons (Fsp3) is 0.571. The predicted octanol–water partition coefficient (Wildman–Crippen LogP) is -1.62. The highest BCUT2D eigenvalue weighted by molar-refractivity contribution is 8.76. The minimum atomic E-state index is -2.27. The Morgan fingerprint density at radius 3 is 1.60 bits per heavy atom. The van der Waals surface area contributed by atoms with Crippen molar-refractivity contribution in [3.8, 4) is 5.75 Å². The Labute approximate surface area is 811 Å². The van der Waals surface area contributed by atoms with Crippen molar-refractivity contribution in [1.29, 1.82) is 0 Å². The fourth-order valence-electron chi connectivity index (χ4n) is 13.9. The number of aliphatic carboxylic acids is 2. The van der Waals surface area contributed by atoms with Gasteiger partial charge in [0.1, 0.15) is 60.3 Å². The average Bonchev–Trinajstić information content (AvgIpc) is 1.67. The number of carboxylic acid groups (broad SMARTS) is 2. The minimum Gasteiger partial charge on any atom is -0.481 e. The Bertz CT molecular complexity index is 4850. The van der Waals surface area contributed by atoms with E-state index in [2.05, 4.69) is 79.1 Å². The number of nitrogens with two attached hydrogens (primary N) is 2. The number of H-pyrrole nitrogens is 2. The Morgan fingerprint density at radius 2 is 1.07 bits per heavy atom. The summed E-state index contributed by atoms with van der Waals surface area (Å²) in [6.07, 6.45) is -5.58. The van der Waals surface area contributed by atoms with Crippen LogP contribution in [-0.4, -0.2) is 313 Å². The number of esters is 2. The molecule has 13 amide bonds. The van der Waals surface area contributed by atoms with Crippen LogP contribution in [0.15, 0.2) is 85.2 Å². The number of para-hydroxylation sites is 2. The zero-order chi connectivity index (χ0) is 102. The van der Waals surface area contributed by atoms with Gasteiger partial charge in [-0.15, -0.1) is 0 Å². The van der Waals surface area contributed by atoms with E-state index in [0.717, 1.165) is 13.8 Å². The molecule has 768 valence electrons. The third kappa shape index (κ3) is 43.1. The fourth-order valence-corrected chi connectivity index (χ4v) is 16.5. The van der Waals surface area contributed by atoms with Crippen molar-refractivity contribution in [2.24, 2.45) is 29.2 Å². The Hall–Kier alpha value is -12.0. The van der Waals surface area contributed by atoms with Crippen molar-refractivity contribution in [2.45, 2.75) is 217 Å². The molecule has 139 heavy (non-hydrogen) atoms. The molecule has 48 heteroatoms. The molecular formula is C91H133N17O29S2. The van der Waals surface area contributed by atoms with Crippen LogP contribution in [0.5, 0.6) is 5.75 Å². The molecule has 46 nitrogen and oxygen atoms in total. The quantitative estimate of drug-likeness (QED) is 0.00901. The molecule has 2 unspecified atom stereocenters. The van der Waals surface area contributed by atoms with Gasteiger partial charge in [-0.2, -0.15) is 0 Å². The van der Waals surface area contributed by atoms with Gasteiger partial charge < -0.3 is 144 Å². The summed E-state index contributed by atoms with van der Waals surface area (Å²) in [5.74, 6) is -21.2. The smallest absolute Gasteiger partial charge is 0.313 e. The number of aromatic nitrogens is 2. The number of ether oxygens (including phenoxy) is 8. The molecule has 0 radical (unpaired) electrons. The zero-order valence-corrected chi connectivity index (χ0v) is 80.9. The summed E-state index contributed by atoms with van der Waals surface area (Å²) in [5, 5.41) is 77.0. The number of rotatable bonds is 46. The molecule has 0 bridgehead atoms. The van der Waals surface area contributed by atoms with Crippen molar-refractivity contribution < 1.29 is 140 Å². The number of carbonyl (C=O) groups is 17. The van der Waals surface area contributed by atoms with Crippen molar-refractivity contribution in [3.05, 3.63) is 102 Å². The lowest BCUT2D eigenvalue weighted by Gasteiger charge is -2.31. The lowest BCUT2D eigenvalue weighted by Crippen LogP contribution is -2.62. The molecule has 1 fully saturated rings. The van der Waals surface area contributed by atoms with Gasteiger partial charge in [0.15, 0.2) is 11.5 Å². The standard InChI is InChI=1S/C91H133N17O29S2/c1-50(2)38-65-82(121)97-48-73(112)100-64(22-23-74(113)114)83(122)103-66(39-51(3)4)87(126)107-78(52(5)6)89(128)105-68(42-58-47-95-63-17-13-11-15-61(58)63)85(124)106-71(80(93)119)49-138-139-91(137-77(118)40-53(7)109)79(108-88(127)70(44-75(115)116)99-55(9)110)90(129)98-54(8)81(120)101-67(41-57-46-94-62-16-12-10-14-60(57)62)84(123)104-69(86(125)102-65)43-72(111)96-45-56-18-20-59(21-19-56)136-76(117)24-26-130-28-30-132-32-34-134-36-37-135-35-33-133-31-29-131-27-25-92/h10-21,46-47,50-54,64-71,78-79,84,91,94-95,104,109,123H,22-45,48-49,92H2,1-9H3,(H2,93,119)(H,96,111)(H,97,121)(H,98,129)(H,99,110)(H,100,112)(H,101,120)(H,102,125)(H,103,122)(H,105,128)(H,106,124)(H,107,126)(H,108,127)(H,113,114)(H,115,116)/t53-,54+,64+,65+,66+,67+,68+,69+,70+,71+,78+,79-,84?,91?/m1/s1. The second-order valence-corrected chi connectivity index (χ2v) is 36.5. The number of aromatic amines is 2. The lowest BCUT2D eigenvalue weighted by atomic mass is 9.98. The first-order valence-electron chi connectivity index (χ1n) is 45.6. The average molecular weight is 1990 g/mol. The molecule has 1 aliphatic rings. The van der Waals surface area contributed by atoms with Crippen molar-refractivity contribution in [3.63, 3.8) is 0 Å². The second-order valence-electron chi connectivity index (χ2n) is 34.0. The number of carboxylic acids is 2. The number of nitrogens with one attached hydrogen (secondary N) is 15. The normalized spacial score (nSPS) is 21.3. The zero-order valence-electron chi connectivity index (χ0n) is 79.2. The summed E-state index contributed by atoms with van der Waals surface area (Å²) in [5.41, 5.74) is 11.8. The van der Waals surface area contributed by atoms with Crippen LogP contribution in [0.25, 0.3) is 21.8 Å². The molecule has 5 aromatic rings. The highest BCUT2D eigenvalue weighted by Gasteiger charge is 2.42. The first-order chi connectivity index (χ1) is 66.2. The topological polar surface area (TPSA) is 685 Å². The number of hydrogen-bond donors (Lipinski definition) is 21. The van der Waals surface area contributed by atoms with Crippen LogP contribution in [0.4, 0.5) is 0 Å². The molecule has 0 saturated carbocycles. The summed E-state index contributed by atoms with van der Waals surface area (Å²) in [4.78, 5) is 246. The third-order valence-corrected chi connectivity index (χ3v) is 23.5. The van der Waals surface area contributed by atoms with Gasteiger partial charge in [-0.05, 0) is 109 Å². The Kier molecular flexibility index (Phi) is 51.2. The van der Waals surface area contributed by atoms with E-state index in [9.17, 15) is 87.5 Å². The molecule has 0 aliphatic carbocycles. The van der Waals surface area contributed by atoms with E-state index in [1.54, 1.807) is 102 Å². The third-order valence-electron chi connectivity index (χ3n) is 20.9. The van der Waals surface area contributed by atoms with E-state index in [-0.39, 0.29) is 70.1 Å². The van der Waals surface area contributed by atoms with Gasteiger partial charge in [0.05, 0.1) is 130 Å². The summed E-state index contributed by atoms with van der Waals surface area (Å²) >= 11 is 0. The number of amides is 13. The maximum absolute atomic E-state index is 15.3. The first kappa shape index (κ1) is 116. The van der Waals surface area contributed by atoms with Crippen LogP contribution >= 0.6 is 21.6 Å². The first-order valence-corrected chi connectivity index (χ1v) is 48.0. The van der Waals surface area contributed by atoms with E-state index in [1.807, 2.05) is 0 Å². The molecule has 1 aliphatic heterocycles. The van der Waals surface area contributed by atoms with Crippen molar-refractivity contribution in [2.75, 3.05) is 98.1 Å². The van der Waals surface area contributed by atoms with Crippen LogP contribution in [0.1, 0.15) is 130 Å². The molecule has 3 aromatic carbocycles. The van der Waals surface area contributed by atoms with Gasteiger partial charge in [0.2, 0.25) is 76.8 Å². The number of aliphatic hydroxyl groups excluding tert-OH is 2. The maximum Gasteiger partial charge on any atom is 0.313 e. The number of benzene rings is 3. The number of carbonyl (C=O) groups excluding carboxylic acids is 15. The number of hydrogen-bond acceptors (Lipinski definition) is 31. The lowest BCUT2D eigenvalue weighted by molar-refractivity contribution is -0.150. The van der Waals surface area contributed by atoms with E-state index in [1.165, 1.54) is 31.2 Å². The molecule has 6 rings (SSSR count). The van der Waals surface area contributed by atoms with Crippen LogP contribution in [-0.2, 0) is 134 Å². The summed E-state index contributed by atoms with van der Waals surface area (Å²) in [6.45, 7) is 16.3. The van der Waals surface area contributed by atoms with Gasteiger partial charge in [0.25, 0.3) is 0 Å². The molecule has 1 saturated heterocycles. The largest absolute Gasteiger partial charge is 0.481 e. The molecule has 0 spiro atoms. The van der Waals surface area contributed by atoms with E-state index >= 15 is 14.4 Å². The van der Waals surface area contributed by atoms with Gasteiger partial charge >= 0.3 is 23.9 Å². The second kappa shape index (κ2) is 61.5. The Balaban J connectivity index is 1.36. The van der Waals surface area contributed by atoms with Crippen LogP contribution < -0.4 is 85.3 Å². The monoisotopic (exact) mass is 1990 g/mol. The Morgan fingerprint density at radius 1 is 0.547 bits per heavy atom. The van der Waals surface area contributed by atoms with Crippen LogP contribution in [0.3, 0.4) is 0 Å². The highest BCUT2D eigenvalue weighted by atomic mass is 33.1. The van der Waals surface area contributed by atoms with Crippen molar-refractivity contribution >= 4 is 144 Å². The van der Waals surface area contributed by atoms with E-state index < -0.39 is 241 Å². The number of fused-ring (bicyclic) bond motifs is 2. The van der Waals surface area contributed by atoms with E-state index in [4.69, 9.17) is 49.4 Å². The molecular weight excluding hydrogens is 1860 g/mol. The van der Waals surface area contributed by atoms with Crippen LogP contribution in [0.2, 0.25) is 0 Å². The summed E-state index contributed by atoms with van der Waals surface area (Å²) < 4.78 is 44.0. The summed E-state index contributed by atoms with van der Waals surface area (Å²) in [6, 6.07) is 0.375. The minimum absolute atomic E-state index is 0.00681. The molecule has 2 aromatic heterocycles. The van der Waals surface area contributed by atoms with Crippen LogP contribution in [0, 0.1) is 17.8 Å². The predicted molar refractivity (Wildman–Crippen MR) is 506 cm³/mol. The van der Waals surface area contributed by atoms with Gasteiger partial charge in [-0.25, -0.2) is 0 Å². The molecule has 23 N–H and O–H groups in total. The molecule has 3 heterocycles. The number of aliphatic hydroxyl groups is 2. The number of primary amides is 1. The van der Waals surface area contributed by atoms with Gasteiger partial charge in [-0.3, -0.25) is 86.8 Å². The summed E-state index contributed by atoms with van der Waals surface area (Å²) in [7, 11) is 0.998. The SMILES string of the molecule is CC(=O)N[C@@H](CC(=O)O)C(=O)N[C@@H]1C(=O)N[C@@H](C)C(=O)N[C@@H](Cc2c[nH]c3ccccc23)C(O)N[C@@H](CC(=O)NCc2ccc(OC(=O)CCOCCOCCOCCOCCOCCOCCN)cc2)C(=O)N[C@@H](CC(C)C)C(=O)NCC(=O)N[C@@H](CCC(=O)O)C(=O)N[C@@H](CC(C)C)C(=O)N[C@@H](C(C)C)C(=O)N[C@@H](Cc2c[nH]c3ccccc23)C(=O)N[C@H](C(N)=O)CSSC1OC(=O)C[C@@H](C)O. The molecule has 14 atom stereocenters. The van der Waals surface area contributed by atoms with Crippen molar-refractivity contribution in [1.82, 2.24) is 79.1 Å². The maximum atomic E-state index is 15.3. The van der Waals surface area contributed by atoms with E-state index in [0.29, 0.717) is 126 Å². The highest BCUT2D eigenvalue weighted by Crippen LogP contribution is 2.32. The van der Waals surface area contributed by atoms with Gasteiger partial charge in [-0.1, -0.05) is 101 Å².